The third-order valence-electron chi connectivity index (χ3n) is 3.59. The van der Waals surface area contributed by atoms with Crippen molar-refractivity contribution in [3.63, 3.8) is 0 Å². The van der Waals surface area contributed by atoms with E-state index in [1.807, 2.05) is 24.3 Å². The van der Waals surface area contributed by atoms with Crippen molar-refractivity contribution >= 4 is 29.3 Å². The lowest BCUT2D eigenvalue weighted by Gasteiger charge is -2.22. The van der Waals surface area contributed by atoms with Gasteiger partial charge in [-0.25, -0.2) is 4.79 Å². The number of amides is 1. The molecule has 0 aliphatic carbocycles. The van der Waals surface area contributed by atoms with Crippen LogP contribution in [0.1, 0.15) is 23.9 Å². The Balaban J connectivity index is 1.70. The number of benzene rings is 1. The maximum absolute atomic E-state index is 12.5. The average Bonchev–Trinajstić information content (AvgIpc) is 3.03. The lowest BCUT2D eigenvalue weighted by molar-refractivity contribution is -0.121. The summed E-state index contributed by atoms with van der Waals surface area (Å²) in [7, 11) is 0. The molecule has 0 spiro atoms. The number of hydrogen-bond acceptors (Lipinski definition) is 5. The number of rotatable bonds is 3. The predicted octanol–water partition coefficient (Wildman–Crippen LogP) is 3.35. The zero-order valence-electron chi connectivity index (χ0n) is 12.7. The van der Waals surface area contributed by atoms with Crippen LogP contribution in [0.5, 0.6) is 0 Å². The summed E-state index contributed by atoms with van der Waals surface area (Å²) in [5.74, 6) is -0.764. The van der Waals surface area contributed by atoms with Crippen LogP contribution < -0.4 is 4.90 Å². The van der Waals surface area contributed by atoms with E-state index in [2.05, 4.69) is 6.92 Å². The number of ether oxygens (including phenoxy) is 1. The first kappa shape index (κ1) is 15.7. The SMILES string of the molecule is C[C@@H]1CCN(C(=O)COC(=O)c2ccco2)c2ccccc2S1. The molecule has 120 valence electrons. The van der Waals surface area contributed by atoms with Crippen LogP contribution in [0.25, 0.3) is 0 Å². The summed E-state index contributed by atoms with van der Waals surface area (Å²) in [6.07, 6.45) is 2.28. The van der Waals surface area contributed by atoms with E-state index in [0.29, 0.717) is 11.8 Å². The second-order valence-corrected chi connectivity index (χ2v) is 6.76. The molecule has 0 saturated heterocycles. The number of hydrogen-bond donors (Lipinski definition) is 0. The van der Waals surface area contributed by atoms with Gasteiger partial charge in [-0.3, -0.25) is 4.79 Å². The molecule has 0 saturated carbocycles. The van der Waals surface area contributed by atoms with Crippen molar-refractivity contribution < 1.29 is 18.7 Å². The molecule has 5 nitrogen and oxygen atoms in total. The highest BCUT2D eigenvalue weighted by molar-refractivity contribution is 8.00. The molecule has 1 aromatic heterocycles. The van der Waals surface area contributed by atoms with Crippen molar-refractivity contribution in [1.29, 1.82) is 0 Å². The summed E-state index contributed by atoms with van der Waals surface area (Å²) in [5.41, 5.74) is 0.876. The van der Waals surface area contributed by atoms with E-state index in [0.717, 1.165) is 17.0 Å². The molecule has 3 rings (SSSR count). The molecule has 1 aromatic carbocycles. The lowest BCUT2D eigenvalue weighted by Crippen LogP contribution is -2.35. The quantitative estimate of drug-likeness (QED) is 0.807. The van der Waals surface area contributed by atoms with E-state index >= 15 is 0 Å². The van der Waals surface area contributed by atoms with Gasteiger partial charge in [-0.2, -0.15) is 0 Å². The first-order valence-corrected chi connectivity index (χ1v) is 8.30. The number of thioether (sulfide) groups is 1. The van der Waals surface area contributed by atoms with Gasteiger partial charge in [0.2, 0.25) is 5.76 Å². The number of nitrogens with zero attached hydrogens (tertiary/aromatic N) is 1. The summed E-state index contributed by atoms with van der Waals surface area (Å²) in [6.45, 7) is 2.46. The predicted molar refractivity (Wildman–Crippen MR) is 87.7 cm³/mol. The van der Waals surface area contributed by atoms with Crippen molar-refractivity contribution in [2.45, 2.75) is 23.5 Å². The van der Waals surface area contributed by atoms with E-state index < -0.39 is 5.97 Å². The van der Waals surface area contributed by atoms with Crippen LogP contribution in [0.2, 0.25) is 0 Å². The third kappa shape index (κ3) is 3.59. The lowest BCUT2D eigenvalue weighted by atomic mass is 10.2. The Hall–Kier alpha value is -2.21. The zero-order chi connectivity index (χ0) is 16.2. The number of fused-ring (bicyclic) bond motifs is 1. The number of carbonyl (C=O) groups excluding carboxylic acids is 2. The van der Waals surface area contributed by atoms with Crippen LogP contribution in [0.15, 0.2) is 52.0 Å². The van der Waals surface area contributed by atoms with Crippen molar-refractivity contribution in [2.24, 2.45) is 0 Å². The molecule has 1 aliphatic rings. The monoisotopic (exact) mass is 331 g/mol. The Labute approximate surface area is 138 Å². The van der Waals surface area contributed by atoms with Gasteiger partial charge in [0.15, 0.2) is 6.61 Å². The van der Waals surface area contributed by atoms with Crippen LogP contribution >= 0.6 is 11.8 Å². The Bertz CT molecular complexity index is 698. The highest BCUT2D eigenvalue weighted by Gasteiger charge is 2.25. The highest BCUT2D eigenvalue weighted by atomic mass is 32.2. The number of anilines is 1. The first-order valence-electron chi connectivity index (χ1n) is 7.42. The van der Waals surface area contributed by atoms with E-state index in [-0.39, 0.29) is 18.3 Å². The van der Waals surface area contributed by atoms with E-state index in [1.165, 1.54) is 12.3 Å². The van der Waals surface area contributed by atoms with Gasteiger partial charge in [-0.05, 0) is 30.7 Å². The standard InChI is InChI=1S/C17H17NO4S/c1-12-8-9-18(13-5-2-3-7-15(13)23-12)16(19)11-22-17(20)14-6-4-10-21-14/h2-7,10,12H,8-9,11H2,1H3/t12-/m1/s1. The van der Waals surface area contributed by atoms with Crippen molar-refractivity contribution in [1.82, 2.24) is 0 Å². The van der Waals surface area contributed by atoms with Crippen molar-refractivity contribution in [2.75, 3.05) is 18.1 Å². The summed E-state index contributed by atoms with van der Waals surface area (Å²) in [4.78, 5) is 27.0. The number of para-hydroxylation sites is 1. The summed E-state index contributed by atoms with van der Waals surface area (Å²) in [5, 5.41) is 0.430. The molecular formula is C17H17NO4S. The van der Waals surface area contributed by atoms with Crippen LogP contribution in [0.4, 0.5) is 5.69 Å². The largest absolute Gasteiger partial charge is 0.457 e. The second kappa shape index (κ2) is 6.91. The molecule has 0 N–H and O–H groups in total. The third-order valence-corrected chi connectivity index (χ3v) is 4.83. The van der Waals surface area contributed by atoms with Crippen LogP contribution in [0.3, 0.4) is 0 Å². The summed E-state index contributed by atoms with van der Waals surface area (Å²) < 4.78 is 10.0. The molecule has 1 atom stereocenters. The summed E-state index contributed by atoms with van der Waals surface area (Å²) in [6, 6.07) is 10.9. The van der Waals surface area contributed by atoms with E-state index in [9.17, 15) is 9.59 Å². The van der Waals surface area contributed by atoms with E-state index in [1.54, 1.807) is 22.7 Å². The molecule has 1 aliphatic heterocycles. The van der Waals surface area contributed by atoms with Crippen LogP contribution in [-0.2, 0) is 9.53 Å². The molecule has 0 fully saturated rings. The Morgan fingerprint density at radius 1 is 1.30 bits per heavy atom. The Morgan fingerprint density at radius 3 is 2.91 bits per heavy atom. The fraction of sp³-hybridized carbons (Fsp3) is 0.294. The number of carbonyl (C=O) groups is 2. The minimum Gasteiger partial charge on any atom is -0.457 e. The molecular weight excluding hydrogens is 314 g/mol. The fourth-order valence-corrected chi connectivity index (χ4v) is 3.53. The molecule has 6 heteroatoms. The van der Waals surface area contributed by atoms with Gasteiger partial charge in [-0.15, -0.1) is 11.8 Å². The molecule has 0 radical (unpaired) electrons. The first-order chi connectivity index (χ1) is 11.1. The number of esters is 1. The van der Waals surface area contributed by atoms with Crippen molar-refractivity contribution in [3.8, 4) is 0 Å². The van der Waals surface area contributed by atoms with Crippen molar-refractivity contribution in [3.05, 3.63) is 48.4 Å². The van der Waals surface area contributed by atoms with Crippen LogP contribution in [-0.4, -0.2) is 30.3 Å². The van der Waals surface area contributed by atoms with Gasteiger partial charge in [0, 0.05) is 16.7 Å². The molecule has 0 unspecified atom stereocenters. The Kier molecular flexibility index (Phi) is 4.71. The minimum atomic E-state index is -0.630. The Morgan fingerprint density at radius 2 is 2.13 bits per heavy atom. The van der Waals surface area contributed by atoms with Crippen LogP contribution in [0, 0.1) is 0 Å². The average molecular weight is 331 g/mol. The van der Waals surface area contributed by atoms with E-state index in [4.69, 9.17) is 9.15 Å². The maximum atomic E-state index is 12.5. The molecule has 23 heavy (non-hydrogen) atoms. The molecule has 2 heterocycles. The zero-order valence-corrected chi connectivity index (χ0v) is 13.5. The van der Waals surface area contributed by atoms with Gasteiger partial charge in [0.1, 0.15) is 0 Å². The van der Waals surface area contributed by atoms with Gasteiger partial charge in [-0.1, -0.05) is 19.1 Å². The highest BCUT2D eigenvalue weighted by Crippen LogP contribution is 2.37. The van der Waals surface area contributed by atoms with Gasteiger partial charge in [0.05, 0.1) is 12.0 Å². The van der Waals surface area contributed by atoms with Gasteiger partial charge in [0.25, 0.3) is 5.91 Å². The summed E-state index contributed by atoms with van der Waals surface area (Å²) >= 11 is 1.76. The van der Waals surface area contributed by atoms with Gasteiger partial charge < -0.3 is 14.1 Å². The molecule has 1 amide bonds. The topological polar surface area (TPSA) is 59.8 Å². The van der Waals surface area contributed by atoms with Gasteiger partial charge >= 0.3 is 5.97 Å². The normalized spacial score (nSPS) is 17.3. The number of furan rings is 1. The minimum absolute atomic E-state index is 0.0956. The second-order valence-electron chi connectivity index (χ2n) is 5.28. The smallest absolute Gasteiger partial charge is 0.374 e. The molecule has 2 aromatic rings. The fourth-order valence-electron chi connectivity index (χ4n) is 2.42. The maximum Gasteiger partial charge on any atom is 0.374 e. The molecule has 0 bridgehead atoms.